The van der Waals surface area contributed by atoms with Crippen molar-refractivity contribution in [3.8, 4) is 0 Å². The Morgan fingerprint density at radius 3 is 2.33 bits per heavy atom. The fraction of sp³-hybridized carbons (Fsp3) is 0.167. The third-order valence-corrected chi connectivity index (χ3v) is 4.65. The summed E-state index contributed by atoms with van der Waals surface area (Å²) >= 11 is 0. The van der Waals surface area contributed by atoms with Gasteiger partial charge in [0.1, 0.15) is 0 Å². The Balaban J connectivity index is 2.12. The second-order valence-corrected chi connectivity index (χ2v) is 6.66. The molecule has 1 heterocycles. The maximum Gasteiger partial charge on any atom is 0.324 e. The Kier molecular flexibility index (Phi) is 4.51. The molecule has 0 aromatic heterocycles. The molecular weight excluding hydrogens is 324 g/mol. The summed E-state index contributed by atoms with van der Waals surface area (Å²) in [6.07, 6.45) is 3.63. The highest BCUT2D eigenvalue weighted by atomic mass is 32.2. The molecule has 0 bridgehead atoms. The summed E-state index contributed by atoms with van der Waals surface area (Å²) in [7, 11) is -3.82. The van der Waals surface area contributed by atoms with Crippen LogP contribution in [-0.2, 0) is 20.5 Å². The molecule has 124 valence electrons. The van der Waals surface area contributed by atoms with Crippen LogP contribution in [0.25, 0.3) is 6.08 Å². The molecule has 0 aliphatic carbocycles. The summed E-state index contributed by atoms with van der Waals surface area (Å²) in [4.78, 5) is 0. The maximum absolute atomic E-state index is 12.1. The maximum atomic E-state index is 12.1. The normalized spacial score (nSPS) is 22.5. The van der Waals surface area contributed by atoms with Crippen LogP contribution in [0, 0.1) is 0 Å². The standard InChI is InChI=1S/C18H18N2O3S/c1-2-23-17-18(20-24(21,22)19-17,16-11-7-4-8-12-16)14-13-15-9-5-3-6-10-15/h3-14,20H,2H2,1H3/b14-13+/t18-/m0/s1. The van der Waals surface area contributed by atoms with E-state index in [1.807, 2.05) is 66.7 Å². The number of ether oxygens (including phenoxy) is 1. The van der Waals surface area contributed by atoms with Crippen molar-refractivity contribution in [2.45, 2.75) is 12.5 Å². The van der Waals surface area contributed by atoms with Gasteiger partial charge in [0.15, 0.2) is 5.54 Å². The predicted molar refractivity (Wildman–Crippen MR) is 94.7 cm³/mol. The highest BCUT2D eigenvalue weighted by Gasteiger charge is 2.47. The largest absolute Gasteiger partial charge is 0.479 e. The van der Waals surface area contributed by atoms with E-state index in [1.54, 1.807) is 13.0 Å². The fourth-order valence-corrected chi connectivity index (χ4v) is 3.74. The van der Waals surface area contributed by atoms with Crippen LogP contribution in [0.2, 0.25) is 0 Å². The van der Waals surface area contributed by atoms with E-state index in [4.69, 9.17) is 4.74 Å². The first-order valence-electron chi connectivity index (χ1n) is 7.63. The second kappa shape index (κ2) is 6.59. The van der Waals surface area contributed by atoms with E-state index in [2.05, 4.69) is 9.12 Å². The van der Waals surface area contributed by atoms with Gasteiger partial charge in [0.25, 0.3) is 0 Å². The smallest absolute Gasteiger partial charge is 0.324 e. The Bertz CT molecular complexity index is 862. The quantitative estimate of drug-likeness (QED) is 0.929. The molecule has 0 unspecified atom stereocenters. The van der Waals surface area contributed by atoms with Crippen LogP contribution in [0.15, 0.2) is 71.1 Å². The van der Waals surface area contributed by atoms with Gasteiger partial charge in [-0.05, 0) is 24.1 Å². The van der Waals surface area contributed by atoms with Crippen LogP contribution in [0.5, 0.6) is 0 Å². The van der Waals surface area contributed by atoms with Crippen molar-refractivity contribution in [3.63, 3.8) is 0 Å². The van der Waals surface area contributed by atoms with E-state index in [0.29, 0.717) is 6.61 Å². The third kappa shape index (κ3) is 3.25. The average molecular weight is 342 g/mol. The van der Waals surface area contributed by atoms with Gasteiger partial charge in [-0.25, -0.2) is 0 Å². The average Bonchev–Trinajstić information content (AvgIpc) is 2.86. The zero-order chi connectivity index (χ0) is 17.0. The summed E-state index contributed by atoms with van der Waals surface area (Å²) in [6.45, 7) is 2.12. The van der Waals surface area contributed by atoms with Gasteiger partial charge in [-0.2, -0.15) is 13.1 Å². The zero-order valence-electron chi connectivity index (χ0n) is 13.2. The summed E-state index contributed by atoms with van der Waals surface area (Å²) in [6, 6.07) is 18.9. The van der Waals surface area contributed by atoms with Crippen molar-refractivity contribution in [2.24, 2.45) is 4.40 Å². The van der Waals surface area contributed by atoms with Crippen LogP contribution in [0.4, 0.5) is 0 Å². The van der Waals surface area contributed by atoms with Crippen molar-refractivity contribution < 1.29 is 13.2 Å². The molecule has 1 atom stereocenters. The minimum atomic E-state index is -3.82. The van der Waals surface area contributed by atoms with Gasteiger partial charge in [0.2, 0.25) is 5.90 Å². The Hall–Kier alpha value is -2.44. The van der Waals surface area contributed by atoms with Gasteiger partial charge >= 0.3 is 10.2 Å². The van der Waals surface area contributed by atoms with Gasteiger partial charge in [-0.3, -0.25) is 0 Å². The van der Waals surface area contributed by atoms with Gasteiger partial charge in [0, 0.05) is 0 Å². The lowest BCUT2D eigenvalue weighted by Crippen LogP contribution is -2.45. The van der Waals surface area contributed by atoms with E-state index < -0.39 is 15.7 Å². The molecular formula is C18H18N2O3S. The number of hydrogen-bond acceptors (Lipinski definition) is 3. The number of benzene rings is 2. The molecule has 2 aromatic rings. The number of nitrogens with one attached hydrogen (secondary N) is 1. The molecule has 1 aliphatic rings. The fourth-order valence-electron chi connectivity index (χ4n) is 2.60. The Labute approximate surface area is 141 Å². The van der Waals surface area contributed by atoms with E-state index in [9.17, 15) is 8.42 Å². The van der Waals surface area contributed by atoms with Crippen molar-refractivity contribution in [3.05, 3.63) is 77.9 Å². The van der Waals surface area contributed by atoms with Crippen LogP contribution in [0.3, 0.4) is 0 Å². The van der Waals surface area contributed by atoms with Crippen LogP contribution in [-0.4, -0.2) is 20.9 Å². The van der Waals surface area contributed by atoms with E-state index in [1.165, 1.54) is 0 Å². The minimum Gasteiger partial charge on any atom is -0.479 e. The molecule has 1 aliphatic heterocycles. The van der Waals surface area contributed by atoms with Crippen LogP contribution < -0.4 is 4.72 Å². The topological polar surface area (TPSA) is 67.8 Å². The molecule has 0 saturated carbocycles. The van der Waals surface area contributed by atoms with Crippen LogP contribution in [0.1, 0.15) is 18.1 Å². The van der Waals surface area contributed by atoms with E-state index in [0.717, 1.165) is 11.1 Å². The molecule has 0 amide bonds. The summed E-state index contributed by atoms with van der Waals surface area (Å²) < 4.78 is 36.1. The second-order valence-electron chi connectivity index (χ2n) is 5.32. The first-order valence-corrected chi connectivity index (χ1v) is 9.07. The summed E-state index contributed by atoms with van der Waals surface area (Å²) in [5.74, 6) is 0.128. The van der Waals surface area contributed by atoms with Crippen molar-refractivity contribution in [2.75, 3.05) is 6.61 Å². The lowest BCUT2D eigenvalue weighted by atomic mass is 9.89. The first-order chi connectivity index (χ1) is 11.6. The highest BCUT2D eigenvalue weighted by molar-refractivity contribution is 7.88. The lowest BCUT2D eigenvalue weighted by molar-refractivity contribution is 0.301. The van der Waals surface area contributed by atoms with Gasteiger partial charge < -0.3 is 4.74 Å². The molecule has 6 heteroatoms. The summed E-state index contributed by atoms with van der Waals surface area (Å²) in [5, 5.41) is 0. The summed E-state index contributed by atoms with van der Waals surface area (Å²) in [5.41, 5.74) is 0.548. The number of rotatable bonds is 4. The molecule has 0 saturated heterocycles. The molecule has 0 fully saturated rings. The monoisotopic (exact) mass is 342 g/mol. The number of hydrogen-bond donors (Lipinski definition) is 1. The van der Waals surface area contributed by atoms with E-state index in [-0.39, 0.29) is 5.90 Å². The van der Waals surface area contributed by atoms with Gasteiger partial charge in [-0.15, -0.1) is 4.40 Å². The SMILES string of the molecule is CCOC1=NS(=O)(=O)N[C@@]1(/C=C/c1ccccc1)c1ccccc1. The predicted octanol–water partition coefficient (Wildman–Crippen LogP) is 2.88. The van der Waals surface area contributed by atoms with Gasteiger partial charge in [0.05, 0.1) is 6.61 Å². The molecule has 24 heavy (non-hydrogen) atoms. The molecule has 5 nitrogen and oxygen atoms in total. The minimum absolute atomic E-state index is 0.128. The molecule has 2 aromatic carbocycles. The first kappa shape index (κ1) is 16.4. The van der Waals surface area contributed by atoms with Crippen molar-refractivity contribution in [1.82, 2.24) is 4.72 Å². The molecule has 0 spiro atoms. The van der Waals surface area contributed by atoms with Gasteiger partial charge in [-0.1, -0.05) is 66.7 Å². The highest BCUT2D eigenvalue weighted by Crippen LogP contribution is 2.32. The zero-order valence-corrected chi connectivity index (χ0v) is 14.0. The Morgan fingerprint density at radius 1 is 1.08 bits per heavy atom. The Morgan fingerprint density at radius 2 is 1.71 bits per heavy atom. The molecule has 0 radical (unpaired) electrons. The molecule has 1 N–H and O–H groups in total. The third-order valence-electron chi connectivity index (χ3n) is 3.67. The van der Waals surface area contributed by atoms with E-state index >= 15 is 0 Å². The lowest BCUT2D eigenvalue weighted by Gasteiger charge is -2.26. The van der Waals surface area contributed by atoms with Crippen LogP contribution >= 0.6 is 0 Å². The van der Waals surface area contributed by atoms with Crippen molar-refractivity contribution >= 4 is 22.2 Å². The number of nitrogens with zero attached hydrogens (tertiary/aromatic N) is 1. The molecule has 3 rings (SSSR count). The van der Waals surface area contributed by atoms with Crippen molar-refractivity contribution in [1.29, 1.82) is 0 Å².